The maximum atomic E-state index is 12.6. The van der Waals surface area contributed by atoms with Crippen molar-refractivity contribution in [2.24, 2.45) is 0 Å². The van der Waals surface area contributed by atoms with Crippen LogP contribution < -0.4 is 0 Å². The molecule has 2 nitrogen and oxygen atoms in total. The Kier molecular flexibility index (Phi) is 2.55. The van der Waals surface area contributed by atoms with E-state index in [1.807, 2.05) is 24.3 Å². The quantitative estimate of drug-likeness (QED) is 0.839. The zero-order valence-electron chi connectivity index (χ0n) is 11.5. The van der Waals surface area contributed by atoms with Gasteiger partial charge in [-0.1, -0.05) is 18.2 Å². The molecule has 2 atom stereocenters. The number of H-pyrrole nitrogens is 1. The van der Waals surface area contributed by atoms with Gasteiger partial charge in [0, 0.05) is 30.5 Å². The number of aromatic nitrogens is 1. The maximum absolute atomic E-state index is 12.6. The van der Waals surface area contributed by atoms with Crippen molar-refractivity contribution in [3.05, 3.63) is 35.5 Å². The van der Waals surface area contributed by atoms with Crippen molar-refractivity contribution >= 4 is 10.9 Å². The van der Waals surface area contributed by atoms with Crippen molar-refractivity contribution < 1.29 is 14.5 Å². The van der Waals surface area contributed by atoms with Gasteiger partial charge in [0.05, 0.1) is 6.54 Å². The third-order valence-corrected chi connectivity index (χ3v) is 3.57. The number of nitrogens with zero attached hydrogens (tertiary/aromatic N) is 1. The van der Waals surface area contributed by atoms with Crippen LogP contribution in [0.1, 0.15) is 19.6 Å². The smallest absolute Gasteiger partial charge is 0.357 e. The van der Waals surface area contributed by atoms with Crippen LogP contribution in [0.4, 0.5) is 13.2 Å². The Morgan fingerprint density at radius 1 is 1.42 bits per heavy atom. The van der Waals surface area contributed by atoms with Crippen molar-refractivity contribution in [2.75, 3.05) is 6.54 Å². The van der Waals surface area contributed by atoms with Crippen molar-refractivity contribution in [3.8, 4) is 0 Å². The average Bonchev–Trinajstić information content (AvgIpc) is 2.73. The predicted octanol–water partition coefficient (Wildman–Crippen LogP) is 3.48. The fourth-order valence-electron chi connectivity index (χ4n) is 2.67. The molecule has 0 saturated heterocycles. The predicted molar refractivity (Wildman–Crippen MR) is 67.9 cm³/mol. The van der Waals surface area contributed by atoms with Crippen molar-refractivity contribution in [2.45, 2.75) is 32.1 Å². The first-order valence-corrected chi connectivity index (χ1v) is 6.21. The summed E-state index contributed by atoms with van der Waals surface area (Å²) in [7, 11) is 0. The Morgan fingerprint density at radius 3 is 2.89 bits per heavy atom. The van der Waals surface area contributed by atoms with E-state index in [1.54, 1.807) is 6.92 Å². The van der Waals surface area contributed by atoms with Crippen molar-refractivity contribution in [1.82, 2.24) is 9.88 Å². The zero-order valence-corrected chi connectivity index (χ0v) is 10.5. The number of rotatable bonds is 1. The van der Waals surface area contributed by atoms with E-state index in [2.05, 4.69) is 4.98 Å². The molecule has 1 aromatic carbocycles. The van der Waals surface area contributed by atoms with E-state index in [4.69, 9.17) is 1.37 Å². The first-order valence-electron chi connectivity index (χ1n) is 6.79. The number of hydrogen-bond donors (Lipinski definition) is 1. The minimum atomic E-state index is -4.28. The molecule has 2 aromatic rings. The minimum absolute atomic E-state index is 0.300. The molecule has 0 amide bonds. The highest BCUT2D eigenvalue weighted by atomic mass is 19.4. The van der Waals surface area contributed by atoms with E-state index < -0.39 is 19.2 Å². The standard InChI is InChI=1S/C14H15F3N2/c1-9-6-11-10-4-2-3-5-12(10)18-13(11)7-19(9)8-14(15,16)17/h2-5,9,18H,6-8H2,1H3/t9-/m1/s1/i7D/t7-,9+/m0. The van der Waals surface area contributed by atoms with Gasteiger partial charge in [0.1, 0.15) is 0 Å². The average molecular weight is 269 g/mol. The van der Waals surface area contributed by atoms with E-state index in [1.165, 1.54) is 4.90 Å². The highest BCUT2D eigenvalue weighted by Crippen LogP contribution is 2.31. The van der Waals surface area contributed by atoms with E-state index in [0.717, 1.165) is 16.5 Å². The molecular weight excluding hydrogens is 253 g/mol. The van der Waals surface area contributed by atoms with Gasteiger partial charge in [0.15, 0.2) is 0 Å². The Balaban J connectivity index is 2.03. The summed E-state index contributed by atoms with van der Waals surface area (Å²) in [6.45, 7) is -0.294. The van der Waals surface area contributed by atoms with Gasteiger partial charge in [-0.25, -0.2) is 0 Å². The molecule has 19 heavy (non-hydrogen) atoms. The Hall–Kier alpha value is -1.49. The molecule has 0 unspecified atom stereocenters. The van der Waals surface area contributed by atoms with Crippen molar-refractivity contribution in [3.63, 3.8) is 0 Å². The molecule has 0 aliphatic carbocycles. The molecule has 0 fully saturated rings. The Bertz CT molecular complexity index is 635. The summed E-state index contributed by atoms with van der Waals surface area (Å²) in [5.74, 6) is 0. The van der Waals surface area contributed by atoms with Crippen LogP contribution in [0.5, 0.6) is 0 Å². The highest BCUT2D eigenvalue weighted by Gasteiger charge is 2.35. The van der Waals surface area contributed by atoms with Crippen LogP contribution in [0.15, 0.2) is 24.3 Å². The van der Waals surface area contributed by atoms with Crippen LogP contribution in [0.2, 0.25) is 0 Å². The van der Waals surface area contributed by atoms with Gasteiger partial charge >= 0.3 is 6.18 Å². The lowest BCUT2D eigenvalue weighted by atomic mass is 9.98. The summed E-state index contributed by atoms with van der Waals surface area (Å²) in [5, 5.41) is 1.01. The molecule has 0 radical (unpaired) electrons. The summed E-state index contributed by atoms with van der Waals surface area (Å²) in [5.41, 5.74) is 2.45. The van der Waals surface area contributed by atoms with Crippen LogP contribution in [0.3, 0.4) is 0 Å². The third-order valence-electron chi connectivity index (χ3n) is 3.57. The number of benzene rings is 1. The topological polar surface area (TPSA) is 19.0 Å². The second kappa shape index (κ2) is 4.27. The lowest BCUT2D eigenvalue weighted by Crippen LogP contribution is -2.43. The second-order valence-electron chi connectivity index (χ2n) is 5.03. The monoisotopic (exact) mass is 269 g/mol. The van der Waals surface area contributed by atoms with Crippen LogP contribution >= 0.6 is 0 Å². The minimum Gasteiger partial charge on any atom is -0.357 e. The van der Waals surface area contributed by atoms with Gasteiger partial charge in [-0.2, -0.15) is 13.2 Å². The number of hydrogen-bond acceptors (Lipinski definition) is 1. The molecular formula is C14H15F3N2. The third kappa shape index (κ3) is 2.34. The molecule has 1 aromatic heterocycles. The van der Waals surface area contributed by atoms with Gasteiger partial charge in [-0.05, 0) is 25.0 Å². The lowest BCUT2D eigenvalue weighted by Gasteiger charge is -2.33. The Morgan fingerprint density at radius 2 is 2.16 bits per heavy atom. The summed E-state index contributed by atoms with van der Waals surface area (Å²) < 4.78 is 46.0. The zero-order chi connectivity index (χ0) is 14.5. The number of fused-ring (bicyclic) bond motifs is 3. The van der Waals surface area contributed by atoms with Gasteiger partial charge < -0.3 is 4.98 Å². The van der Waals surface area contributed by atoms with Crippen LogP contribution in [-0.4, -0.2) is 28.6 Å². The molecule has 3 rings (SSSR count). The van der Waals surface area contributed by atoms with Crippen molar-refractivity contribution in [1.29, 1.82) is 0 Å². The van der Waals surface area contributed by atoms with Crippen LogP contribution in [0, 0.1) is 0 Å². The summed E-state index contributed by atoms with van der Waals surface area (Å²) in [4.78, 5) is 4.30. The van der Waals surface area contributed by atoms with Crippen LogP contribution in [-0.2, 0) is 12.9 Å². The lowest BCUT2D eigenvalue weighted by molar-refractivity contribution is -0.152. The molecule has 0 spiro atoms. The number of nitrogens with one attached hydrogen (secondary N) is 1. The number of alkyl halides is 3. The molecule has 1 N–H and O–H groups in total. The molecule has 0 bridgehead atoms. The SMILES string of the molecule is [2H][C@H]1c2[nH]c3ccccc3c2C[C@@H](C)N1CC(F)(F)F. The highest BCUT2D eigenvalue weighted by molar-refractivity contribution is 5.84. The molecule has 102 valence electrons. The van der Waals surface area contributed by atoms with E-state index in [0.29, 0.717) is 12.1 Å². The first kappa shape index (κ1) is 11.3. The van der Waals surface area contributed by atoms with Gasteiger partial charge in [-0.3, -0.25) is 4.90 Å². The number of aromatic amines is 1. The van der Waals surface area contributed by atoms with Gasteiger partial charge in [0.2, 0.25) is 0 Å². The molecule has 1 aliphatic heterocycles. The van der Waals surface area contributed by atoms with E-state index >= 15 is 0 Å². The van der Waals surface area contributed by atoms with Gasteiger partial charge in [0.25, 0.3) is 0 Å². The van der Waals surface area contributed by atoms with Gasteiger partial charge in [-0.15, -0.1) is 0 Å². The molecule has 5 heteroatoms. The summed E-state index contributed by atoms with van der Waals surface area (Å²) in [6.07, 6.45) is -3.75. The van der Waals surface area contributed by atoms with E-state index in [9.17, 15) is 13.2 Å². The Labute approximate surface area is 110 Å². The summed E-state index contributed by atoms with van der Waals surface area (Å²) >= 11 is 0. The first-order chi connectivity index (χ1) is 9.37. The second-order valence-corrected chi connectivity index (χ2v) is 5.03. The maximum Gasteiger partial charge on any atom is 0.401 e. The number of halogens is 3. The fraction of sp³-hybridized carbons (Fsp3) is 0.429. The normalized spacial score (nSPS) is 25.4. The van der Waals surface area contributed by atoms with E-state index in [-0.39, 0.29) is 6.04 Å². The van der Waals surface area contributed by atoms with Crippen LogP contribution in [0.25, 0.3) is 10.9 Å². The molecule has 2 heterocycles. The fourth-order valence-corrected chi connectivity index (χ4v) is 2.67. The molecule has 1 aliphatic rings. The largest absolute Gasteiger partial charge is 0.401 e. The summed E-state index contributed by atoms with van der Waals surface area (Å²) in [6, 6.07) is 7.32. The molecule has 0 saturated carbocycles. The number of para-hydroxylation sites is 1.